The number of para-hydroxylation sites is 2. The number of rotatable bonds is 0. The van der Waals surface area contributed by atoms with E-state index in [2.05, 4.69) is 45.2 Å². The molecule has 0 atom stereocenters. The number of hydrogen-bond donors (Lipinski definition) is 0. The van der Waals surface area contributed by atoms with Crippen LogP contribution in [0.15, 0.2) is 84.9 Å². The van der Waals surface area contributed by atoms with E-state index in [9.17, 15) is 10.5 Å². The molecule has 0 bridgehead atoms. The largest absolute Gasteiger partial charge is 0.292 e. The summed E-state index contributed by atoms with van der Waals surface area (Å²) >= 11 is 0. The van der Waals surface area contributed by atoms with Crippen LogP contribution in [-0.2, 0) is 0 Å². The topological polar surface area (TPSA) is 82.2 Å². The van der Waals surface area contributed by atoms with Crippen molar-refractivity contribution in [3.05, 3.63) is 96.1 Å². The van der Waals surface area contributed by atoms with Crippen molar-refractivity contribution < 1.29 is 0 Å². The zero-order valence-corrected chi connectivity index (χ0v) is 17.8. The minimum absolute atomic E-state index is 0.576. The second-order valence-corrected chi connectivity index (χ2v) is 8.21. The van der Waals surface area contributed by atoms with Gasteiger partial charge in [-0.05, 0) is 60.7 Å². The van der Waals surface area contributed by atoms with Crippen molar-refractivity contribution in [2.24, 2.45) is 0 Å². The summed E-state index contributed by atoms with van der Waals surface area (Å²) in [6.07, 6.45) is 0. The van der Waals surface area contributed by atoms with Crippen LogP contribution in [-0.4, -0.2) is 18.8 Å². The molecule has 6 nitrogen and oxygen atoms in total. The Labute approximate surface area is 192 Å². The van der Waals surface area contributed by atoms with E-state index < -0.39 is 0 Å². The highest BCUT2D eigenvalue weighted by molar-refractivity contribution is 6.06. The van der Waals surface area contributed by atoms with Gasteiger partial charge in [0.25, 0.3) is 0 Å². The molecule has 3 aromatic heterocycles. The fraction of sp³-hybridized carbons (Fsp3) is 0. The molecular formula is C28H14N6. The van der Waals surface area contributed by atoms with E-state index in [1.807, 2.05) is 60.7 Å². The molecule has 0 unspecified atom stereocenters. The molecule has 0 aliphatic heterocycles. The van der Waals surface area contributed by atoms with Gasteiger partial charge in [-0.3, -0.25) is 8.80 Å². The van der Waals surface area contributed by atoms with Crippen LogP contribution in [0.1, 0.15) is 11.1 Å². The Bertz CT molecular complexity index is 1950. The quantitative estimate of drug-likeness (QED) is 0.298. The molecule has 0 saturated carbocycles. The second kappa shape index (κ2) is 6.65. The molecule has 4 aromatic carbocycles. The third-order valence-electron chi connectivity index (χ3n) is 6.34. The highest BCUT2D eigenvalue weighted by Crippen LogP contribution is 2.31. The monoisotopic (exact) mass is 434 g/mol. The molecule has 7 aromatic rings. The molecule has 6 heteroatoms. The van der Waals surface area contributed by atoms with Gasteiger partial charge in [0, 0.05) is 10.8 Å². The highest BCUT2D eigenvalue weighted by atomic mass is 15.1. The molecule has 34 heavy (non-hydrogen) atoms. The Hall–Kier alpha value is -5.20. The number of aromatic nitrogens is 4. The minimum atomic E-state index is 0.576. The van der Waals surface area contributed by atoms with Crippen molar-refractivity contribution in [2.45, 2.75) is 0 Å². The molecule has 3 heterocycles. The Morgan fingerprint density at radius 2 is 0.971 bits per heavy atom. The summed E-state index contributed by atoms with van der Waals surface area (Å²) in [7, 11) is 0. The first kappa shape index (κ1) is 18.4. The van der Waals surface area contributed by atoms with E-state index in [0.717, 1.165) is 55.2 Å². The first-order chi connectivity index (χ1) is 16.8. The van der Waals surface area contributed by atoms with Crippen LogP contribution in [0.25, 0.3) is 55.2 Å². The molecule has 7 rings (SSSR count). The van der Waals surface area contributed by atoms with Crippen molar-refractivity contribution in [1.82, 2.24) is 18.8 Å². The first-order valence-corrected chi connectivity index (χ1v) is 10.8. The lowest BCUT2D eigenvalue weighted by atomic mass is 10.2. The van der Waals surface area contributed by atoms with Gasteiger partial charge >= 0.3 is 0 Å². The SMILES string of the molecule is N#Cc1ccc2c(c1)nc1c3ccccc3n3c4ccc(C#N)cc4nc3c3ccccc3n21. The zero-order chi connectivity index (χ0) is 22.8. The summed E-state index contributed by atoms with van der Waals surface area (Å²) in [5.74, 6) is 0. The number of benzene rings is 4. The lowest BCUT2D eigenvalue weighted by Gasteiger charge is -2.07. The summed E-state index contributed by atoms with van der Waals surface area (Å²) in [6, 6.07) is 31.9. The molecule has 0 aliphatic rings. The van der Waals surface area contributed by atoms with Gasteiger partial charge in [0.05, 0.1) is 56.4 Å². The third-order valence-corrected chi connectivity index (χ3v) is 6.34. The number of hydrogen-bond acceptors (Lipinski definition) is 4. The minimum Gasteiger partial charge on any atom is -0.292 e. The Morgan fingerprint density at radius 3 is 1.41 bits per heavy atom. The van der Waals surface area contributed by atoms with E-state index in [4.69, 9.17) is 9.97 Å². The van der Waals surface area contributed by atoms with Gasteiger partial charge in [0.1, 0.15) is 11.3 Å². The van der Waals surface area contributed by atoms with Gasteiger partial charge in [-0.2, -0.15) is 10.5 Å². The van der Waals surface area contributed by atoms with Crippen LogP contribution in [0.5, 0.6) is 0 Å². The number of nitrogens with zero attached hydrogens (tertiary/aromatic N) is 6. The molecule has 0 fully saturated rings. The average Bonchev–Trinajstić information content (AvgIpc) is 3.45. The van der Waals surface area contributed by atoms with Crippen LogP contribution in [0, 0.1) is 22.7 Å². The summed E-state index contributed by atoms with van der Waals surface area (Å²) < 4.78 is 4.29. The number of nitriles is 2. The zero-order valence-electron chi connectivity index (χ0n) is 17.8. The fourth-order valence-corrected chi connectivity index (χ4v) is 4.86. The molecule has 0 spiro atoms. The predicted octanol–water partition coefficient (Wildman–Crippen LogP) is 5.90. The van der Waals surface area contributed by atoms with E-state index in [1.165, 1.54) is 0 Å². The smallest absolute Gasteiger partial charge is 0.147 e. The van der Waals surface area contributed by atoms with Crippen molar-refractivity contribution in [1.29, 1.82) is 10.5 Å². The lowest BCUT2D eigenvalue weighted by Crippen LogP contribution is -1.93. The van der Waals surface area contributed by atoms with Crippen molar-refractivity contribution in [3.63, 3.8) is 0 Å². The Kier molecular flexibility index (Phi) is 3.59. The molecule has 0 radical (unpaired) electrons. The van der Waals surface area contributed by atoms with Crippen LogP contribution >= 0.6 is 0 Å². The maximum atomic E-state index is 9.42. The normalized spacial score (nSPS) is 11.5. The summed E-state index contributed by atoms with van der Waals surface area (Å²) in [6.45, 7) is 0. The molecule has 0 aliphatic carbocycles. The summed E-state index contributed by atoms with van der Waals surface area (Å²) in [4.78, 5) is 10.0. The van der Waals surface area contributed by atoms with Gasteiger partial charge in [-0.1, -0.05) is 24.3 Å². The van der Waals surface area contributed by atoms with Gasteiger partial charge in [-0.25, -0.2) is 9.97 Å². The fourth-order valence-electron chi connectivity index (χ4n) is 4.86. The Morgan fingerprint density at radius 1 is 0.529 bits per heavy atom. The molecule has 0 saturated heterocycles. The average molecular weight is 434 g/mol. The van der Waals surface area contributed by atoms with Crippen molar-refractivity contribution in [3.8, 4) is 12.1 Å². The molecule has 156 valence electrons. The van der Waals surface area contributed by atoms with Crippen LogP contribution < -0.4 is 0 Å². The number of imidazole rings is 2. The Balaban J connectivity index is 1.88. The van der Waals surface area contributed by atoms with Crippen LogP contribution in [0.3, 0.4) is 0 Å². The predicted molar refractivity (Wildman–Crippen MR) is 132 cm³/mol. The molecule has 0 amide bonds. The molecular weight excluding hydrogens is 420 g/mol. The standard InChI is InChI=1S/C28H14N6/c29-15-17-10-12-26-21(13-17)31-27-19-5-1-3-7-23(19)33-25-11-9-18(16-30)14-22(25)32-28(33)20-6-2-4-8-24(20)34(26)27/h1-14H. The number of fused-ring (bicyclic) bond motifs is 12. The maximum Gasteiger partial charge on any atom is 0.147 e. The van der Waals surface area contributed by atoms with Crippen molar-refractivity contribution >= 4 is 55.2 Å². The van der Waals surface area contributed by atoms with E-state index in [0.29, 0.717) is 11.1 Å². The van der Waals surface area contributed by atoms with Crippen LogP contribution in [0.2, 0.25) is 0 Å². The third kappa shape index (κ3) is 2.37. The van der Waals surface area contributed by atoms with Gasteiger partial charge in [0.2, 0.25) is 0 Å². The summed E-state index contributed by atoms with van der Waals surface area (Å²) in [5.41, 5.74) is 8.04. The van der Waals surface area contributed by atoms with E-state index >= 15 is 0 Å². The van der Waals surface area contributed by atoms with Gasteiger partial charge < -0.3 is 0 Å². The maximum absolute atomic E-state index is 9.42. The van der Waals surface area contributed by atoms with Gasteiger partial charge in [0.15, 0.2) is 0 Å². The van der Waals surface area contributed by atoms with E-state index in [-0.39, 0.29) is 0 Å². The van der Waals surface area contributed by atoms with Crippen molar-refractivity contribution in [2.75, 3.05) is 0 Å². The van der Waals surface area contributed by atoms with Crippen LogP contribution in [0.4, 0.5) is 0 Å². The first-order valence-electron chi connectivity index (χ1n) is 10.8. The second-order valence-electron chi connectivity index (χ2n) is 8.21. The summed E-state index contributed by atoms with van der Waals surface area (Å²) in [5, 5.41) is 20.7. The van der Waals surface area contributed by atoms with Gasteiger partial charge in [-0.15, -0.1) is 0 Å². The van der Waals surface area contributed by atoms with E-state index in [1.54, 1.807) is 0 Å². The molecule has 0 N–H and O–H groups in total. The highest BCUT2D eigenvalue weighted by Gasteiger charge is 2.15. The lowest BCUT2D eigenvalue weighted by molar-refractivity contribution is 1.28.